The second-order valence-corrected chi connectivity index (χ2v) is 4.89. The Hall–Kier alpha value is -0.680. The van der Waals surface area contributed by atoms with E-state index in [9.17, 15) is 13.2 Å². The fourth-order valence-electron chi connectivity index (χ4n) is 1.66. The summed E-state index contributed by atoms with van der Waals surface area (Å²) < 4.78 is 37.5. The Labute approximate surface area is 96.4 Å². The molecule has 1 aromatic rings. The van der Waals surface area contributed by atoms with Gasteiger partial charge in [0.1, 0.15) is 0 Å². The predicted molar refractivity (Wildman–Crippen MR) is 59.3 cm³/mol. The van der Waals surface area contributed by atoms with Gasteiger partial charge in [-0.05, 0) is 36.4 Å². The molecule has 0 amide bonds. The first-order valence-corrected chi connectivity index (χ1v) is 6.14. The third-order valence-corrected chi connectivity index (χ3v) is 3.75. The van der Waals surface area contributed by atoms with Crippen LogP contribution >= 0.6 is 11.8 Å². The average Bonchev–Trinajstić information content (AvgIpc) is 2.29. The van der Waals surface area contributed by atoms with Crippen LogP contribution in [0.2, 0.25) is 0 Å². The van der Waals surface area contributed by atoms with Crippen LogP contribution in [0.25, 0.3) is 0 Å². The Morgan fingerprint density at radius 2 is 2.12 bits per heavy atom. The van der Waals surface area contributed by atoms with Crippen LogP contribution in [0, 0.1) is 0 Å². The molecule has 16 heavy (non-hydrogen) atoms. The molecule has 0 saturated carbocycles. The lowest BCUT2D eigenvalue weighted by atomic mass is 10.1. The fraction of sp³-hybridized carbons (Fsp3) is 0.455. The molecule has 1 heterocycles. The third kappa shape index (κ3) is 2.71. The first kappa shape index (κ1) is 11.8. The van der Waals surface area contributed by atoms with E-state index in [0.717, 1.165) is 24.8 Å². The standard InChI is InChI=1S/C11H12F3NS/c12-11(13,14)9-4-1-3-8(7-9)10-15-5-2-6-16-10/h1,3-4,7,10,15H,2,5-6H2. The number of thioether (sulfide) groups is 1. The highest BCUT2D eigenvalue weighted by atomic mass is 32.2. The quantitative estimate of drug-likeness (QED) is 0.816. The lowest BCUT2D eigenvalue weighted by Gasteiger charge is -2.23. The van der Waals surface area contributed by atoms with Gasteiger partial charge >= 0.3 is 6.18 Å². The molecule has 0 bridgehead atoms. The van der Waals surface area contributed by atoms with E-state index < -0.39 is 11.7 Å². The molecule has 5 heteroatoms. The van der Waals surface area contributed by atoms with Crippen molar-refractivity contribution in [3.05, 3.63) is 35.4 Å². The van der Waals surface area contributed by atoms with E-state index in [2.05, 4.69) is 5.32 Å². The van der Waals surface area contributed by atoms with Crippen LogP contribution in [0.5, 0.6) is 0 Å². The van der Waals surface area contributed by atoms with Crippen molar-refractivity contribution in [1.29, 1.82) is 0 Å². The second kappa shape index (κ2) is 4.67. The van der Waals surface area contributed by atoms with Gasteiger partial charge in [0.25, 0.3) is 0 Å². The Morgan fingerprint density at radius 3 is 2.75 bits per heavy atom. The van der Waals surface area contributed by atoms with E-state index in [1.165, 1.54) is 12.1 Å². The maximum absolute atomic E-state index is 12.5. The van der Waals surface area contributed by atoms with Gasteiger partial charge in [-0.25, -0.2) is 0 Å². The van der Waals surface area contributed by atoms with Gasteiger partial charge < -0.3 is 5.32 Å². The van der Waals surface area contributed by atoms with Gasteiger partial charge in [0, 0.05) is 0 Å². The van der Waals surface area contributed by atoms with Gasteiger partial charge in [0.05, 0.1) is 10.9 Å². The number of hydrogen-bond donors (Lipinski definition) is 1. The molecular weight excluding hydrogens is 235 g/mol. The summed E-state index contributed by atoms with van der Waals surface area (Å²) in [5.41, 5.74) is 0.137. The van der Waals surface area contributed by atoms with Crippen LogP contribution in [0.4, 0.5) is 13.2 Å². The Morgan fingerprint density at radius 1 is 1.31 bits per heavy atom. The minimum atomic E-state index is -4.25. The van der Waals surface area contributed by atoms with Gasteiger partial charge in [0.2, 0.25) is 0 Å². The largest absolute Gasteiger partial charge is 0.416 e. The van der Waals surface area contributed by atoms with Crippen molar-refractivity contribution in [1.82, 2.24) is 5.32 Å². The smallest absolute Gasteiger partial charge is 0.302 e. The number of nitrogens with one attached hydrogen (secondary N) is 1. The molecule has 1 aromatic carbocycles. The molecule has 0 aliphatic carbocycles. The molecule has 1 fully saturated rings. The summed E-state index contributed by atoms with van der Waals surface area (Å²) in [7, 11) is 0. The first-order valence-electron chi connectivity index (χ1n) is 5.09. The first-order chi connectivity index (χ1) is 7.57. The Balaban J connectivity index is 2.21. The van der Waals surface area contributed by atoms with Crippen LogP contribution in [0.1, 0.15) is 22.9 Å². The van der Waals surface area contributed by atoms with Crippen LogP contribution in [0.15, 0.2) is 24.3 Å². The third-order valence-electron chi connectivity index (χ3n) is 2.45. The maximum atomic E-state index is 12.5. The number of halogens is 3. The monoisotopic (exact) mass is 247 g/mol. The topological polar surface area (TPSA) is 12.0 Å². The minimum Gasteiger partial charge on any atom is -0.302 e. The summed E-state index contributed by atoms with van der Waals surface area (Å²) >= 11 is 1.66. The van der Waals surface area contributed by atoms with Crippen LogP contribution < -0.4 is 5.32 Å². The van der Waals surface area contributed by atoms with Crippen molar-refractivity contribution in [2.24, 2.45) is 0 Å². The highest BCUT2D eigenvalue weighted by Crippen LogP contribution is 2.34. The lowest BCUT2D eigenvalue weighted by molar-refractivity contribution is -0.137. The van der Waals surface area contributed by atoms with Gasteiger partial charge in [-0.2, -0.15) is 13.2 Å². The number of hydrogen-bond acceptors (Lipinski definition) is 2. The molecule has 1 nitrogen and oxygen atoms in total. The van der Waals surface area contributed by atoms with Crippen molar-refractivity contribution < 1.29 is 13.2 Å². The average molecular weight is 247 g/mol. The molecule has 1 atom stereocenters. The molecule has 0 spiro atoms. The molecule has 0 radical (unpaired) electrons. The Kier molecular flexibility index (Phi) is 3.44. The minimum absolute atomic E-state index is 0.00366. The van der Waals surface area contributed by atoms with Crippen molar-refractivity contribution in [2.45, 2.75) is 18.0 Å². The normalized spacial score (nSPS) is 22.1. The summed E-state index contributed by atoms with van der Waals surface area (Å²) in [4.78, 5) is 0. The molecule has 1 saturated heterocycles. The van der Waals surface area contributed by atoms with E-state index in [4.69, 9.17) is 0 Å². The molecule has 0 aromatic heterocycles. The van der Waals surface area contributed by atoms with Crippen molar-refractivity contribution in [2.75, 3.05) is 12.3 Å². The van der Waals surface area contributed by atoms with E-state index in [-0.39, 0.29) is 5.37 Å². The molecule has 1 N–H and O–H groups in total. The van der Waals surface area contributed by atoms with Gasteiger partial charge in [0.15, 0.2) is 0 Å². The van der Waals surface area contributed by atoms with Crippen molar-refractivity contribution in [3.8, 4) is 0 Å². The molecule has 1 aliphatic heterocycles. The highest BCUT2D eigenvalue weighted by molar-refractivity contribution is 7.99. The zero-order chi connectivity index (χ0) is 11.6. The van der Waals surface area contributed by atoms with Gasteiger partial charge in [-0.1, -0.05) is 12.1 Å². The summed E-state index contributed by atoms with van der Waals surface area (Å²) in [5, 5.41) is 3.21. The zero-order valence-corrected chi connectivity index (χ0v) is 9.37. The van der Waals surface area contributed by atoms with E-state index in [1.54, 1.807) is 17.8 Å². The fourth-order valence-corrected chi connectivity index (χ4v) is 2.78. The molecule has 2 rings (SSSR count). The summed E-state index contributed by atoms with van der Waals surface area (Å²) in [6.07, 6.45) is -3.19. The predicted octanol–water partition coefficient (Wildman–Crippen LogP) is 3.43. The number of alkyl halides is 3. The Bertz CT molecular complexity index is 358. The van der Waals surface area contributed by atoms with E-state index in [0.29, 0.717) is 5.56 Å². The summed E-state index contributed by atoms with van der Waals surface area (Å²) in [6, 6.07) is 5.55. The lowest BCUT2D eigenvalue weighted by Crippen LogP contribution is -2.25. The molecule has 1 aliphatic rings. The van der Waals surface area contributed by atoms with Crippen molar-refractivity contribution in [3.63, 3.8) is 0 Å². The SMILES string of the molecule is FC(F)(F)c1cccc(C2NCCCS2)c1. The molecular formula is C11H12F3NS. The summed E-state index contributed by atoms with van der Waals surface area (Å²) in [5.74, 6) is 0.994. The van der Waals surface area contributed by atoms with Gasteiger partial charge in [-0.3, -0.25) is 0 Å². The van der Waals surface area contributed by atoms with Gasteiger partial charge in [-0.15, -0.1) is 11.8 Å². The highest BCUT2D eigenvalue weighted by Gasteiger charge is 2.31. The van der Waals surface area contributed by atoms with Crippen molar-refractivity contribution >= 4 is 11.8 Å². The maximum Gasteiger partial charge on any atom is 0.416 e. The van der Waals surface area contributed by atoms with Crippen LogP contribution in [0.3, 0.4) is 0 Å². The number of rotatable bonds is 1. The van der Waals surface area contributed by atoms with Crippen LogP contribution in [-0.2, 0) is 6.18 Å². The zero-order valence-electron chi connectivity index (χ0n) is 8.55. The number of benzene rings is 1. The van der Waals surface area contributed by atoms with E-state index in [1.807, 2.05) is 0 Å². The second-order valence-electron chi connectivity index (χ2n) is 3.68. The van der Waals surface area contributed by atoms with E-state index >= 15 is 0 Å². The molecule has 88 valence electrons. The molecule has 1 unspecified atom stereocenters. The van der Waals surface area contributed by atoms with Crippen LogP contribution in [-0.4, -0.2) is 12.3 Å². The summed E-state index contributed by atoms with van der Waals surface area (Å²) in [6.45, 7) is 0.869.